The number of unbranched alkanes of at least 4 members (excludes halogenated alkanes) is 1. The van der Waals surface area contributed by atoms with E-state index in [0.717, 1.165) is 23.6 Å². The number of allylic oxidation sites excluding steroid dienone is 2. The zero-order chi connectivity index (χ0) is 9.26. The molecule has 72 valence electrons. The zero-order valence-corrected chi connectivity index (χ0v) is 9.00. The predicted octanol–water partition coefficient (Wildman–Crippen LogP) is 2.81. The number of rotatable bonds is 4. The molecule has 1 heteroatoms. The van der Waals surface area contributed by atoms with Crippen LogP contribution >= 0.6 is 0 Å². The Hall–Kier alpha value is -0.195. The summed E-state index contributed by atoms with van der Waals surface area (Å²) in [5.74, 6) is 3.91. The van der Waals surface area contributed by atoms with Gasteiger partial charge in [0.25, 0.3) is 0 Å². The molecule has 0 nitrogen and oxygen atoms in total. The molecule has 2 bridgehead atoms. The minimum absolute atomic E-state index is 0.955. The Kier molecular flexibility index (Phi) is 2.81. The van der Waals surface area contributed by atoms with Crippen LogP contribution in [0.2, 0.25) is 5.82 Å². The van der Waals surface area contributed by atoms with Crippen molar-refractivity contribution in [1.82, 2.24) is 0 Å². The summed E-state index contributed by atoms with van der Waals surface area (Å²) in [6.07, 6.45) is 12.2. The van der Waals surface area contributed by atoms with E-state index in [-0.39, 0.29) is 0 Å². The van der Waals surface area contributed by atoms with E-state index in [1.165, 1.54) is 32.1 Å². The van der Waals surface area contributed by atoms with Crippen molar-refractivity contribution in [3.8, 4) is 0 Å². The molecule has 4 atom stereocenters. The molecule has 1 saturated carbocycles. The van der Waals surface area contributed by atoms with Crippen LogP contribution in [0.15, 0.2) is 12.2 Å². The van der Waals surface area contributed by atoms with Crippen molar-refractivity contribution in [2.75, 3.05) is 0 Å². The van der Waals surface area contributed by atoms with Crippen LogP contribution in [0.1, 0.15) is 39.0 Å². The molecule has 2 aliphatic rings. The average molecular weight is 176 g/mol. The van der Waals surface area contributed by atoms with E-state index < -0.39 is 0 Å². The third-order valence-corrected chi connectivity index (χ3v) is 4.07. The maximum atomic E-state index is 2.49. The van der Waals surface area contributed by atoms with Crippen LogP contribution in [0.3, 0.4) is 0 Å². The third-order valence-electron chi connectivity index (χ3n) is 4.07. The fourth-order valence-electron chi connectivity index (χ4n) is 3.22. The molecule has 0 aromatic heterocycles. The molecule has 2 aliphatic carbocycles. The second kappa shape index (κ2) is 3.90. The fraction of sp³-hybridized carbons (Fsp3) is 0.833. The fourth-order valence-corrected chi connectivity index (χ4v) is 3.22. The van der Waals surface area contributed by atoms with Crippen molar-refractivity contribution >= 4 is 7.85 Å². The number of fused-ring (bicyclic) bond motifs is 2. The highest BCUT2D eigenvalue weighted by Gasteiger charge is 2.37. The van der Waals surface area contributed by atoms with Crippen LogP contribution in [0, 0.1) is 17.8 Å². The van der Waals surface area contributed by atoms with E-state index in [1.54, 1.807) is 0 Å². The Morgan fingerprint density at radius 1 is 1.38 bits per heavy atom. The largest absolute Gasteiger partial charge is 0.105 e. The molecule has 0 aromatic rings. The molecule has 0 heterocycles. The van der Waals surface area contributed by atoms with Gasteiger partial charge in [-0.25, -0.2) is 0 Å². The summed E-state index contributed by atoms with van der Waals surface area (Å²) in [6, 6.07) is 0. The van der Waals surface area contributed by atoms with Crippen LogP contribution in [0.25, 0.3) is 0 Å². The van der Waals surface area contributed by atoms with Gasteiger partial charge in [-0.2, -0.15) is 0 Å². The predicted molar refractivity (Wildman–Crippen MR) is 60.7 cm³/mol. The van der Waals surface area contributed by atoms with Gasteiger partial charge in [0, 0.05) is 0 Å². The highest BCUT2D eigenvalue weighted by Crippen LogP contribution is 2.48. The van der Waals surface area contributed by atoms with E-state index in [4.69, 9.17) is 0 Å². The Labute approximate surface area is 83.2 Å². The van der Waals surface area contributed by atoms with Gasteiger partial charge < -0.3 is 0 Å². The van der Waals surface area contributed by atoms with Crippen LogP contribution in [-0.4, -0.2) is 7.85 Å². The number of hydrogen-bond acceptors (Lipinski definition) is 0. The molecule has 0 amide bonds. The van der Waals surface area contributed by atoms with Crippen LogP contribution in [0.4, 0.5) is 0 Å². The zero-order valence-electron chi connectivity index (χ0n) is 9.00. The molecule has 0 spiro atoms. The van der Waals surface area contributed by atoms with Gasteiger partial charge in [-0.15, -0.1) is 0 Å². The summed E-state index contributed by atoms with van der Waals surface area (Å²) in [5, 5.41) is 0. The van der Waals surface area contributed by atoms with Crippen LogP contribution < -0.4 is 0 Å². The van der Waals surface area contributed by atoms with Gasteiger partial charge in [-0.1, -0.05) is 44.2 Å². The SMILES string of the molecule is BC(CCCC)C1CC2C=CC1C2. The van der Waals surface area contributed by atoms with Crippen LogP contribution in [0.5, 0.6) is 0 Å². The smallest absolute Gasteiger partial charge is 0.0851 e. The Morgan fingerprint density at radius 2 is 2.23 bits per heavy atom. The van der Waals surface area contributed by atoms with E-state index >= 15 is 0 Å². The molecule has 0 aliphatic heterocycles. The highest BCUT2D eigenvalue weighted by molar-refractivity contribution is 6.11. The summed E-state index contributed by atoms with van der Waals surface area (Å²) >= 11 is 0. The van der Waals surface area contributed by atoms with Gasteiger partial charge >= 0.3 is 0 Å². The van der Waals surface area contributed by atoms with E-state index in [2.05, 4.69) is 26.9 Å². The maximum Gasteiger partial charge on any atom is 0.105 e. The van der Waals surface area contributed by atoms with Gasteiger partial charge in [-0.3, -0.25) is 0 Å². The molecule has 0 N–H and O–H groups in total. The molecule has 0 radical (unpaired) electrons. The molecule has 13 heavy (non-hydrogen) atoms. The van der Waals surface area contributed by atoms with Gasteiger partial charge in [0.15, 0.2) is 0 Å². The molecule has 2 rings (SSSR count). The minimum atomic E-state index is 0.955. The van der Waals surface area contributed by atoms with Crippen molar-refractivity contribution in [1.29, 1.82) is 0 Å². The van der Waals surface area contributed by atoms with Gasteiger partial charge in [0.1, 0.15) is 7.85 Å². The van der Waals surface area contributed by atoms with Gasteiger partial charge in [0.2, 0.25) is 0 Å². The molecular weight excluding hydrogens is 155 g/mol. The monoisotopic (exact) mass is 176 g/mol. The van der Waals surface area contributed by atoms with E-state index in [0.29, 0.717) is 0 Å². The van der Waals surface area contributed by atoms with Crippen LogP contribution in [-0.2, 0) is 0 Å². The van der Waals surface area contributed by atoms with Crippen molar-refractivity contribution in [2.45, 2.75) is 44.8 Å². The molecule has 1 fully saturated rings. The summed E-state index contributed by atoms with van der Waals surface area (Å²) in [5.41, 5.74) is 0. The Morgan fingerprint density at radius 3 is 2.77 bits per heavy atom. The second-order valence-electron chi connectivity index (χ2n) is 5.06. The molecule has 0 saturated heterocycles. The summed E-state index contributed by atoms with van der Waals surface area (Å²) in [7, 11) is 2.47. The van der Waals surface area contributed by atoms with E-state index in [1.807, 2.05) is 0 Å². The minimum Gasteiger partial charge on any atom is -0.0851 e. The van der Waals surface area contributed by atoms with Gasteiger partial charge in [0.05, 0.1) is 0 Å². The maximum absolute atomic E-state index is 2.49. The molecule has 0 aromatic carbocycles. The van der Waals surface area contributed by atoms with Crippen molar-refractivity contribution in [3.05, 3.63) is 12.2 Å². The molecular formula is C12H21B. The summed E-state index contributed by atoms with van der Waals surface area (Å²) < 4.78 is 0. The third kappa shape index (κ3) is 1.84. The topological polar surface area (TPSA) is 0 Å². The average Bonchev–Trinajstić information content (AvgIpc) is 2.74. The second-order valence-corrected chi connectivity index (χ2v) is 5.06. The Balaban J connectivity index is 1.84. The highest BCUT2D eigenvalue weighted by atomic mass is 14.4. The first-order valence-corrected chi connectivity index (χ1v) is 5.99. The quantitative estimate of drug-likeness (QED) is 0.456. The first-order valence-electron chi connectivity index (χ1n) is 5.99. The van der Waals surface area contributed by atoms with Crippen molar-refractivity contribution < 1.29 is 0 Å². The van der Waals surface area contributed by atoms with E-state index in [9.17, 15) is 0 Å². The van der Waals surface area contributed by atoms with Crippen molar-refractivity contribution in [2.24, 2.45) is 17.8 Å². The standard InChI is InChI=1S/C12H21B/c1-2-3-4-12(13)11-8-9-5-6-10(11)7-9/h5-6,9-12H,2-4,7-8,13H2,1H3. The first kappa shape index (κ1) is 9.36. The lowest BCUT2D eigenvalue weighted by atomic mass is 9.68. The summed E-state index contributed by atoms with van der Waals surface area (Å²) in [6.45, 7) is 2.30. The Bertz CT molecular complexity index is 197. The lowest BCUT2D eigenvalue weighted by Crippen LogP contribution is -2.14. The molecule has 4 unspecified atom stereocenters. The van der Waals surface area contributed by atoms with Gasteiger partial charge in [-0.05, 0) is 30.6 Å². The first-order chi connectivity index (χ1) is 6.31. The number of hydrogen-bond donors (Lipinski definition) is 0. The summed E-state index contributed by atoms with van der Waals surface area (Å²) in [4.78, 5) is 0. The lowest BCUT2D eigenvalue weighted by molar-refractivity contribution is 0.398. The lowest BCUT2D eigenvalue weighted by Gasteiger charge is -2.25. The van der Waals surface area contributed by atoms with Crippen molar-refractivity contribution in [3.63, 3.8) is 0 Å². The normalized spacial score (nSPS) is 38.4.